The maximum Gasteiger partial charge on any atom is 0.240 e. The Morgan fingerprint density at radius 2 is 2.05 bits per heavy atom. The van der Waals surface area contributed by atoms with Gasteiger partial charge >= 0.3 is 0 Å². The third-order valence-corrected chi connectivity index (χ3v) is 4.74. The van der Waals surface area contributed by atoms with E-state index in [-0.39, 0.29) is 5.91 Å². The Labute approximate surface area is 116 Å². The first-order valence-electron chi connectivity index (χ1n) is 7.47. The van der Waals surface area contributed by atoms with Gasteiger partial charge in [0, 0.05) is 19.1 Å². The summed E-state index contributed by atoms with van der Waals surface area (Å²) in [6.45, 7) is 3.63. The van der Waals surface area contributed by atoms with E-state index >= 15 is 0 Å². The first kappa shape index (κ1) is 14.3. The zero-order valence-electron chi connectivity index (χ0n) is 12.1. The molecular weight excluding hydrogens is 238 g/mol. The molecule has 0 aromatic rings. The SMILES string of the molecule is CC1CC(C#N)(C(=O)NCCN(C)C2CCCC2)C1. The molecule has 4 heteroatoms. The van der Waals surface area contributed by atoms with E-state index in [0.717, 1.165) is 6.54 Å². The molecular formula is C15H25N3O. The fraction of sp³-hybridized carbons (Fsp3) is 0.867. The highest BCUT2D eigenvalue weighted by Crippen LogP contribution is 2.44. The second-order valence-electron chi connectivity index (χ2n) is 6.38. The Morgan fingerprint density at radius 1 is 1.42 bits per heavy atom. The first-order chi connectivity index (χ1) is 9.07. The molecule has 0 heterocycles. The number of carbonyl (C=O) groups is 1. The van der Waals surface area contributed by atoms with Crippen molar-refractivity contribution in [1.29, 1.82) is 5.26 Å². The zero-order valence-corrected chi connectivity index (χ0v) is 12.1. The molecule has 0 saturated heterocycles. The van der Waals surface area contributed by atoms with E-state index in [9.17, 15) is 10.1 Å². The van der Waals surface area contributed by atoms with E-state index in [2.05, 4.69) is 30.3 Å². The van der Waals surface area contributed by atoms with Gasteiger partial charge in [0.2, 0.25) is 5.91 Å². The van der Waals surface area contributed by atoms with Crippen LogP contribution in [0.1, 0.15) is 45.4 Å². The fourth-order valence-electron chi connectivity index (χ4n) is 3.50. The second kappa shape index (κ2) is 5.92. The molecule has 2 saturated carbocycles. The number of nitrogens with zero attached hydrogens (tertiary/aromatic N) is 2. The van der Waals surface area contributed by atoms with Crippen molar-refractivity contribution in [2.75, 3.05) is 20.1 Å². The van der Waals surface area contributed by atoms with Crippen LogP contribution < -0.4 is 5.32 Å². The van der Waals surface area contributed by atoms with Crippen molar-refractivity contribution in [1.82, 2.24) is 10.2 Å². The monoisotopic (exact) mass is 263 g/mol. The average Bonchev–Trinajstić information content (AvgIpc) is 2.88. The third-order valence-electron chi connectivity index (χ3n) is 4.74. The van der Waals surface area contributed by atoms with Gasteiger partial charge in [-0.15, -0.1) is 0 Å². The lowest BCUT2D eigenvalue weighted by molar-refractivity contribution is -0.134. The third kappa shape index (κ3) is 3.09. The van der Waals surface area contributed by atoms with Gasteiger partial charge in [0.15, 0.2) is 0 Å². The molecule has 0 aromatic heterocycles. The predicted molar refractivity (Wildman–Crippen MR) is 74.3 cm³/mol. The van der Waals surface area contributed by atoms with Gasteiger partial charge in [-0.2, -0.15) is 5.26 Å². The van der Waals surface area contributed by atoms with E-state index in [1.165, 1.54) is 25.7 Å². The molecule has 0 radical (unpaired) electrons. The Balaban J connectivity index is 1.70. The smallest absolute Gasteiger partial charge is 0.240 e. The molecule has 0 aromatic carbocycles. The van der Waals surface area contributed by atoms with E-state index in [0.29, 0.717) is 31.3 Å². The van der Waals surface area contributed by atoms with E-state index in [1.807, 2.05) is 0 Å². The summed E-state index contributed by atoms with van der Waals surface area (Å²) in [5.74, 6) is 0.444. The first-order valence-corrected chi connectivity index (χ1v) is 7.47. The summed E-state index contributed by atoms with van der Waals surface area (Å²) in [5.41, 5.74) is -0.731. The van der Waals surface area contributed by atoms with Crippen LogP contribution in [0.3, 0.4) is 0 Å². The van der Waals surface area contributed by atoms with Crippen molar-refractivity contribution in [3.05, 3.63) is 0 Å². The number of rotatable bonds is 5. The number of hydrogen-bond donors (Lipinski definition) is 1. The van der Waals surface area contributed by atoms with E-state index < -0.39 is 5.41 Å². The minimum absolute atomic E-state index is 0.0621. The average molecular weight is 263 g/mol. The van der Waals surface area contributed by atoms with Crippen molar-refractivity contribution in [2.24, 2.45) is 11.3 Å². The summed E-state index contributed by atoms with van der Waals surface area (Å²) in [6, 6.07) is 2.90. The summed E-state index contributed by atoms with van der Waals surface area (Å²) in [5, 5.41) is 12.1. The van der Waals surface area contributed by atoms with Gasteiger partial charge in [0.25, 0.3) is 0 Å². The lowest BCUT2D eigenvalue weighted by atomic mass is 9.63. The molecule has 1 N–H and O–H groups in total. The van der Waals surface area contributed by atoms with Crippen molar-refractivity contribution in [3.8, 4) is 6.07 Å². The maximum atomic E-state index is 12.1. The minimum atomic E-state index is -0.731. The molecule has 0 unspecified atom stereocenters. The van der Waals surface area contributed by atoms with Crippen molar-refractivity contribution < 1.29 is 4.79 Å². The topological polar surface area (TPSA) is 56.1 Å². The van der Waals surface area contributed by atoms with Gasteiger partial charge < -0.3 is 10.2 Å². The number of carbonyl (C=O) groups excluding carboxylic acids is 1. The van der Waals surface area contributed by atoms with Gasteiger partial charge in [0.1, 0.15) is 5.41 Å². The molecule has 2 rings (SSSR count). The standard InChI is InChI=1S/C15H25N3O/c1-12-9-15(10-12,11-16)14(19)17-7-8-18(2)13-5-3-4-6-13/h12-13H,3-10H2,1-2H3,(H,17,19). The summed E-state index contributed by atoms with van der Waals surface area (Å²) in [7, 11) is 2.13. The summed E-state index contributed by atoms with van der Waals surface area (Å²) < 4.78 is 0. The van der Waals surface area contributed by atoms with Crippen LogP contribution in [0.25, 0.3) is 0 Å². The molecule has 4 nitrogen and oxygen atoms in total. The summed E-state index contributed by atoms with van der Waals surface area (Å²) >= 11 is 0. The highest BCUT2D eigenvalue weighted by Gasteiger charge is 2.48. The second-order valence-corrected chi connectivity index (χ2v) is 6.38. The van der Waals surface area contributed by atoms with Gasteiger partial charge in [-0.1, -0.05) is 19.8 Å². The van der Waals surface area contributed by atoms with Crippen molar-refractivity contribution in [3.63, 3.8) is 0 Å². The van der Waals surface area contributed by atoms with Gasteiger partial charge in [0.05, 0.1) is 6.07 Å². The van der Waals surface area contributed by atoms with Crippen LogP contribution in [0.5, 0.6) is 0 Å². The van der Waals surface area contributed by atoms with Gasteiger partial charge in [-0.05, 0) is 38.6 Å². The quantitative estimate of drug-likeness (QED) is 0.824. The van der Waals surface area contributed by atoms with Crippen LogP contribution in [0.15, 0.2) is 0 Å². The van der Waals surface area contributed by atoms with Crippen LogP contribution in [-0.2, 0) is 4.79 Å². The maximum absolute atomic E-state index is 12.1. The van der Waals surface area contributed by atoms with Gasteiger partial charge in [-0.3, -0.25) is 4.79 Å². The Hall–Kier alpha value is -1.08. The zero-order chi connectivity index (χ0) is 13.9. The summed E-state index contributed by atoms with van der Waals surface area (Å²) in [4.78, 5) is 14.4. The minimum Gasteiger partial charge on any atom is -0.353 e. The Bertz CT molecular complexity index is 362. The van der Waals surface area contributed by atoms with Crippen molar-refractivity contribution >= 4 is 5.91 Å². The van der Waals surface area contributed by atoms with Crippen LogP contribution >= 0.6 is 0 Å². The number of nitrogens with one attached hydrogen (secondary N) is 1. The van der Waals surface area contributed by atoms with E-state index in [4.69, 9.17) is 0 Å². The van der Waals surface area contributed by atoms with Crippen LogP contribution in [0.4, 0.5) is 0 Å². The molecule has 1 amide bonds. The van der Waals surface area contributed by atoms with Crippen LogP contribution in [0, 0.1) is 22.7 Å². The summed E-state index contributed by atoms with van der Waals surface area (Å²) in [6.07, 6.45) is 6.66. The lowest BCUT2D eigenvalue weighted by Crippen LogP contribution is -2.49. The molecule has 0 atom stereocenters. The van der Waals surface area contributed by atoms with Crippen LogP contribution in [0.2, 0.25) is 0 Å². The number of likely N-dealkylation sites (N-methyl/N-ethyl adjacent to an activating group) is 1. The molecule has 19 heavy (non-hydrogen) atoms. The number of nitriles is 1. The largest absolute Gasteiger partial charge is 0.353 e. The molecule has 2 fully saturated rings. The van der Waals surface area contributed by atoms with E-state index in [1.54, 1.807) is 0 Å². The molecule has 2 aliphatic rings. The molecule has 2 aliphatic carbocycles. The molecule has 0 bridgehead atoms. The normalized spacial score (nSPS) is 30.9. The number of hydrogen-bond acceptors (Lipinski definition) is 3. The Kier molecular flexibility index (Phi) is 4.46. The van der Waals surface area contributed by atoms with Gasteiger partial charge in [-0.25, -0.2) is 0 Å². The lowest BCUT2D eigenvalue weighted by Gasteiger charge is -2.39. The van der Waals surface area contributed by atoms with Crippen molar-refractivity contribution in [2.45, 2.75) is 51.5 Å². The number of amides is 1. The highest BCUT2D eigenvalue weighted by atomic mass is 16.2. The van der Waals surface area contributed by atoms with Crippen LogP contribution in [-0.4, -0.2) is 37.0 Å². The fourth-order valence-corrected chi connectivity index (χ4v) is 3.50. The molecule has 0 spiro atoms. The molecule has 0 aliphatic heterocycles. The molecule has 106 valence electrons. The highest BCUT2D eigenvalue weighted by molar-refractivity contribution is 5.86. The Morgan fingerprint density at radius 3 is 2.58 bits per heavy atom. The predicted octanol–water partition coefficient (Wildman–Crippen LogP) is 1.92.